The van der Waals surface area contributed by atoms with Crippen LogP contribution in [-0.4, -0.2) is 39.0 Å². The number of nitrogens with zero attached hydrogens (tertiary/aromatic N) is 8. The Morgan fingerprint density at radius 3 is 2.21 bits per heavy atom. The average Bonchev–Trinajstić information content (AvgIpc) is 3.54. The molecule has 5 heterocycles. The van der Waals surface area contributed by atoms with Gasteiger partial charge in [-0.1, -0.05) is 0 Å². The predicted molar refractivity (Wildman–Crippen MR) is 110 cm³/mol. The van der Waals surface area contributed by atoms with Crippen LogP contribution in [0.2, 0.25) is 0 Å². The van der Waals surface area contributed by atoms with Crippen molar-refractivity contribution in [3.63, 3.8) is 0 Å². The summed E-state index contributed by atoms with van der Waals surface area (Å²) in [7, 11) is 0. The highest BCUT2D eigenvalue weighted by molar-refractivity contribution is 7.25. The molecule has 0 atom stereocenters. The number of hydrogen-bond donors (Lipinski definition) is 0. The fraction of sp³-hybridized carbons (Fsp3) is 0. The molecule has 0 aliphatic heterocycles. The molecule has 8 nitrogen and oxygen atoms in total. The van der Waals surface area contributed by atoms with Gasteiger partial charge < -0.3 is 0 Å². The summed E-state index contributed by atoms with van der Waals surface area (Å²) in [6.07, 6.45) is 12.1. The van der Waals surface area contributed by atoms with Crippen LogP contribution in [0.3, 0.4) is 0 Å². The minimum Gasteiger partial charge on any atom is -0.274 e. The molecular formula is C20H12N8S. The Morgan fingerprint density at radius 2 is 1.52 bits per heavy atom. The summed E-state index contributed by atoms with van der Waals surface area (Å²) in [4.78, 5) is 26.7. The van der Waals surface area contributed by atoms with Crippen molar-refractivity contribution < 1.29 is 0 Å². The number of rotatable bonds is 3. The molecule has 0 aliphatic carbocycles. The lowest BCUT2D eigenvalue weighted by Crippen LogP contribution is -2.08. The Labute approximate surface area is 168 Å². The van der Waals surface area contributed by atoms with Crippen molar-refractivity contribution in [2.45, 2.75) is 0 Å². The summed E-state index contributed by atoms with van der Waals surface area (Å²) in [5.74, 6) is 1.55. The fourth-order valence-corrected chi connectivity index (χ4v) is 4.25. The number of fused-ring (bicyclic) bond motifs is 3. The van der Waals surface area contributed by atoms with Gasteiger partial charge in [0.2, 0.25) is 11.9 Å². The van der Waals surface area contributed by atoms with Crippen molar-refractivity contribution in [2.24, 2.45) is 0 Å². The summed E-state index contributed by atoms with van der Waals surface area (Å²) < 4.78 is 5.85. The highest BCUT2D eigenvalue weighted by atomic mass is 32.1. The highest BCUT2D eigenvalue weighted by Gasteiger charge is 2.13. The molecule has 0 fully saturated rings. The van der Waals surface area contributed by atoms with Gasteiger partial charge in [-0.25, -0.2) is 9.97 Å². The van der Waals surface area contributed by atoms with Gasteiger partial charge in [0.25, 0.3) is 0 Å². The van der Waals surface area contributed by atoms with E-state index < -0.39 is 0 Å². The van der Waals surface area contributed by atoms with E-state index in [1.807, 2.05) is 18.3 Å². The van der Waals surface area contributed by atoms with E-state index in [0.717, 1.165) is 21.2 Å². The molecule has 0 bridgehead atoms. The first kappa shape index (κ1) is 16.0. The van der Waals surface area contributed by atoms with Gasteiger partial charge in [-0.15, -0.1) is 11.3 Å². The van der Waals surface area contributed by atoms with E-state index in [2.05, 4.69) is 48.1 Å². The van der Waals surface area contributed by atoms with Crippen molar-refractivity contribution in [3.05, 3.63) is 74.0 Å². The van der Waals surface area contributed by atoms with E-state index in [1.54, 1.807) is 57.9 Å². The summed E-state index contributed by atoms with van der Waals surface area (Å²) in [6.45, 7) is 0. The third-order valence-corrected chi connectivity index (χ3v) is 5.69. The second-order valence-corrected chi connectivity index (χ2v) is 7.45. The summed E-state index contributed by atoms with van der Waals surface area (Å²) in [5, 5.41) is 1.09. The Hall–Kier alpha value is -3.98. The molecule has 9 heteroatoms. The van der Waals surface area contributed by atoms with Crippen LogP contribution in [0.4, 0.5) is 0 Å². The van der Waals surface area contributed by atoms with Gasteiger partial charge in [0.15, 0.2) is 5.82 Å². The zero-order chi connectivity index (χ0) is 19.2. The number of aromatic nitrogens is 8. The molecule has 0 saturated heterocycles. The lowest BCUT2D eigenvalue weighted by atomic mass is 10.1. The first-order valence-electron chi connectivity index (χ1n) is 8.85. The van der Waals surface area contributed by atoms with Gasteiger partial charge in [-0.3, -0.25) is 14.1 Å². The van der Waals surface area contributed by atoms with Gasteiger partial charge in [-0.05, 0) is 30.3 Å². The van der Waals surface area contributed by atoms with Crippen molar-refractivity contribution in [1.29, 1.82) is 0 Å². The summed E-state index contributed by atoms with van der Waals surface area (Å²) in [6, 6.07) is 10.3. The largest absolute Gasteiger partial charge is 0.274 e. The average molecular weight is 396 g/mol. The topological polar surface area (TPSA) is 87.2 Å². The normalized spacial score (nSPS) is 11.4. The minimum absolute atomic E-state index is 0.490. The second kappa shape index (κ2) is 6.28. The van der Waals surface area contributed by atoms with Crippen LogP contribution in [0.25, 0.3) is 43.6 Å². The highest BCUT2D eigenvalue weighted by Crippen LogP contribution is 2.34. The van der Waals surface area contributed by atoms with E-state index in [0.29, 0.717) is 17.7 Å². The zero-order valence-electron chi connectivity index (χ0n) is 14.9. The van der Waals surface area contributed by atoms with E-state index in [4.69, 9.17) is 0 Å². The van der Waals surface area contributed by atoms with Crippen LogP contribution < -0.4 is 0 Å². The zero-order valence-corrected chi connectivity index (χ0v) is 15.7. The van der Waals surface area contributed by atoms with Gasteiger partial charge in [-0.2, -0.15) is 15.0 Å². The maximum Gasteiger partial charge on any atom is 0.240 e. The molecule has 29 heavy (non-hydrogen) atoms. The second-order valence-electron chi connectivity index (χ2n) is 6.36. The molecule has 0 amide bonds. The third kappa shape index (κ3) is 2.67. The van der Waals surface area contributed by atoms with Crippen LogP contribution in [-0.2, 0) is 0 Å². The van der Waals surface area contributed by atoms with Gasteiger partial charge in [0, 0.05) is 46.6 Å². The molecule has 0 spiro atoms. The molecule has 138 valence electrons. The van der Waals surface area contributed by atoms with Crippen LogP contribution in [0.1, 0.15) is 0 Å². The van der Waals surface area contributed by atoms with Crippen LogP contribution in [0.5, 0.6) is 0 Å². The smallest absolute Gasteiger partial charge is 0.240 e. The van der Waals surface area contributed by atoms with E-state index in [-0.39, 0.29) is 0 Å². The molecule has 0 N–H and O–H groups in total. The molecular weight excluding hydrogens is 384 g/mol. The summed E-state index contributed by atoms with van der Waals surface area (Å²) >= 11 is 1.73. The predicted octanol–water partition coefficient (Wildman–Crippen LogP) is 3.67. The maximum absolute atomic E-state index is 4.68. The lowest BCUT2D eigenvalue weighted by molar-refractivity contribution is 0.842. The standard InChI is InChI=1S/C20H12N8S/c1-2-16-17(23-5-1)14-10-13(3-4-15(14)29-16)18-24-19(27-8-6-21-11-27)26-20(25-18)28-9-7-22-12-28/h1-12H. The molecule has 6 rings (SSSR count). The molecule has 0 saturated carbocycles. The molecule has 1 aromatic carbocycles. The molecule has 0 radical (unpaired) electrons. The Kier molecular flexibility index (Phi) is 3.47. The van der Waals surface area contributed by atoms with Gasteiger partial charge in [0.1, 0.15) is 12.7 Å². The Bertz CT molecular complexity index is 1400. The van der Waals surface area contributed by atoms with Gasteiger partial charge in [0.05, 0.1) is 10.2 Å². The van der Waals surface area contributed by atoms with Crippen LogP contribution >= 0.6 is 11.3 Å². The number of imidazole rings is 2. The van der Waals surface area contributed by atoms with E-state index in [1.165, 1.54) is 4.70 Å². The van der Waals surface area contributed by atoms with Crippen molar-refractivity contribution >= 4 is 31.6 Å². The molecule has 0 unspecified atom stereocenters. The number of benzene rings is 1. The van der Waals surface area contributed by atoms with Crippen molar-refractivity contribution in [1.82, 2.24) is 39.0 Å². The number of thiophene rings is 1. The Balaban J connectivity index is 1.58. The SMILES string of the molecule is c1cnc2c(c1)sc1ccc(-c3nc(-n4ccnc4)nc(-n4ccnc4)n3)cc12. The van der Waals surface area contributed by atoms with Crippen molar-refractivity contribution in [2.75, 3.05) is 0 Å². The van der Waals surface area contributed by atoms with E-state index in [9.17, 15) is 0 Å². The third-order valence-electron chi connectivity index (χ3n) is 4.57. The minimum atomic E-state index is 0.490. The maximum atomic E-state index is 4.68. The van der Waals surface area contributed by atoms with Gasteiger partial charge >= 0.3 is 0 Å². The monoisotopic (exact) mass is 396 g/mol. The first-order chi connectivity index (χ1) is 14.3. The number of hydrogen-bond acceptors (Lipinski definition) is 7. The number of pyridine rings is 1. The quantitative estimate of drug-likeness (QED) is 0.454. The summed E-state index contributed by atoms with van der Waals surface area (Å²) in [5.41, 5.74) is 1.89. The fourth-order valence-electron chi connectivity index (χ4n) is 3.21. The van der Waals surface area contributed by atoms with E-state index >= 15 is 0 Å². The molecule has 0 aliphatic rings. The Morgan fingerprint density at radius 1 is 0.759 bits per heavy atom. The molecule has 5 aromatic heterocycles. The van der Waals surface area contributed by atoms with Crippen LogP contribution in [0.15, 0.2) is 74.0 Å². The first-order valence-corrected chi connectivity index (χ1v) is 9.67. The van der Waals surface area contributed by atoms with Crippen LogP contribution in [0, 0.1) is 0 Å². The lowest BCUT2D eigenvalue weighted by Gasteiger charge is -2.08. The molecule has 6 aromatic rings. The van der Waals surface area contributed by atoms with Crippen molar-refractivity contribution in [3.8, 4) is 23.3 Å².